The van der Waals surface area contributed by atoms with Crippen molar-refractivity contribution in [2.24, 2.45) is 0 Å². The number of anilines is 1. The summed E-state index contributed by atoms with van der Waals surface area (Å²) in [5.74, 6) is 1.07. The van der Waals surface area contributed by atoms with Crippen LogP contribution in [0.5, 0.6) is 11.5 Å². The molecule has 1 amide bonds. The highest BCUT2D eigenvalue weighted by molar-refractivity contribution is 9.10. The van der Waals surface area contributed by atoms with Crippen molar-refractivity contribution in [3.05, 3.63) is 52.5 Å². The molecular formula is C17H18BrNO3. The number of hydrogen-bond donors (Lipinski definition) is 1. The van der Waals surface area contributed by atoms with Gasteiger partial charge in [-0.25, -0.2) is 0 Å². The SMILES string of the molecule is CCOc1cc(NC(=O)c2ccccc2)c(OCC)cc1Br. The zero-order chi connectivity index (χ0) is 15.9. The average Bonchev–Trinajstić information content (AvgIpc) is 2.53. The van der Waals surface area contributed by atoms with E-state index in [0.717, 1.165) is 4.47 Å². The molecule has 0 bridgehead atoms. The summed E-state index contributed by atoms with van der Waals surface area (Å²) in [6.45, 7) is 4.85. The number of rotatable bonds is 6. The van der Waals surface area contributed by atoms with Gasteiger partial charge in [0, 0.05) is 17.7 Å². The number of benzene rings is 2. The Kier molecular flexibility index (Phi) is 5.83. The van der Waals surface area contributed by atoms with E-state index >= 15 is 0 Å². The lowest BCUT2D eigenvalue weighted by Crippen LogP contribution is -2.13. The molecule has 22 heavy (non-hydrogen) atoms. The highest BCUT2D eigenvalue weighted by atomic mass is 79.9. The van der Waals surface area contributed by atoms with Gasteiger partial charge in [-0.05, 0) is 41.9 Å². The summed E-state index contributed by atoms with van der Waals surface area (Å²) >= 11 is 3.45. The molecule has 0 unspecified atom stereocenters. The fourth-order valence-corrected chi connectivity index (χ4v) is 2.39. The first-order valence-corrected chi connectivity index (χ1v) is 7.90. The Morgan fingerprint density at radius 1 is 1.05 bits per heavy atom. The van der Waals surface area contributed by atoms with Crippen molar-refractivity contribution in [2.75, 3.05) is 18.5 Å². The van der Waals surface area contributed by atoms with Gasteiger partial charge >= 0.3 is 0 Å². The summed E-state index contributed by atoms with van der Waals surface area (Å²) in [5, 5.41) is 2.87. The normalized spacial score (nSPS) is 10.1. The second kappa shape index (κ2) is 7.84. The summed E-state index contributed by atoms with van der Waals surface area (Å²) in [7, 11) is 0. The molecule has 0 aliphatic rings. The van der Waals surface area contributed by atoms with Gasteiger partial charge in [0.1, 0.15) is 11.5 Å². The van der Waals surface area contributed by atoms with E-state index in [1.165, 1.54) is 0 Å². The lowest BCUT2D eigenvalue weighted by Gasteiger charge is -2.15. The second-order valence-corrected chi connectivity index (χ2v) is 5.32. The van der Waals surface area contributed by atoms with Gasteiger partial charge in [-0.15, -0.1) is 0 Å². The maximum absolute atomic E-state index is 12.3. The van der Waals surface area contributed by atoms with Gasteiger partial charge in [0.05, 0.1) is 23.4 Å². The van der Waals surface area contributed by atoms with E-state index in [1.54, 1.807) is 24.3 Å². The molecular weight excluding hydrogens is 346 g/mol. The van der Waals surface area contributed by atoms with Crippen LogP contribution >= 0.6 is 15.9 Å². The molecule has 0 saturated heterocycles. The van der Waals surface area contributed by atoms with Gasteiger partial charge in [0.15, 0.2) is 0 Å². The zero-order valence-electron chi connectivity index (χ0n) is 12.6. The van der Waals surface area contributed by atoms with E-state index in [0.29, 0.717) is 36.0 Å². The van der Waals surface area contributed by atoms with Crippen LogP contribution in [0.4, 0.5) is 5.69 Å². The highest BCUT2D eigenvalue weighted by Crippen LogP contribution is 2.36. The van der Waals surface area contributed by atoms with Crippen LogP contribution in [-0.2, 0) is 0 Å². The molecule has 2 aromatic rings. The fraction of sp³-hybridized carbons (Fsp3) is 0.235. The molecule has 0 radical (unpaired) electrons. The van der Waals surface area contributed by atoms with Crippen molar-refractivity contribution in [3.63, 3.8) is 0 Å². The predicted octanol–water partition coefficient (Wildman–Crippen LogP) is 4.50. The Bertz CT molecular complexity index is 644. The Hall–Kier alpha value is -2.01. The maximum Gasteiger partial charge on any atom is 0.255 e. The fourth-order valence-electron chi connectivity index (χ4n) is 1.96. The Morgan fingerprint density at radius 2 is 1.68 bits per heavy atom. The van der Waals surface area contributed by atoms with Crippen LogP contribution in [0.25, 0.3) is 0 Å². The third-order valence-electron chi connectivity index (χ3n) is 2.92. The van der Waals surface area contributed by atoms with Crippen molar-refractivity contribution >= 4 is 27.5 Å². The molecule has 2 rings (SSSR count). The van der Waals surface area contributed by atoms with E-state index in [4.69, 9.17) is 9.47 Å². The quantitative estimate of drug-likeness (QED) is 0.821. The van der Waals surface area contributed by atoms with Crippen molar-refractivity contribution in [1.82, 2.24) is 0 Å². The van der Waals surface area contributed by atoms with Crippen molar-refractivity contribution in [2.45, 2.75) is 13.8 Å². The number of carbonyl (C=O) groups excluding carboxylic acids is 1. The minimum Gasteiger partial charge on any atom is -0.493 e. The molecule has 0 spiro atoms. The first-order valence-electron chi connectivity index (χ1n) is 7.11. The summed E-state index contributed by atoms with van der Waals surface area (Å²) in [4.78, 5) is 12.3. The van der Waals surface area contributed by atoms with Crippen LogP contribution in [-0.4, -0.2) is 19.1 Å². The van der Waals surface area contributed by atoms with Crippen LogP contribution in [0.3, 0.4) is 0 Å². The minimum absolute atomic E-state index is 0.189. The van der Waals surface area contributed by atoms with Crippen LogP contribution < -0.4 is 14.8 Å². The molecule has 0 fully saturated rings. The molecule has 0 aliphatic carbocycles. The lowest BCUT2D eigenvalue weighted by molar-refractivity contribution is 0.102. The number of hydrogen-bond acceptors (Lipinski definition) is 3. The number of nitrogens with one attached hydrogen (secondary N) is 1. The van der Waals surface area contributed by atoms with Gasteiger partial charge in [-0.3, -0.25) is 4.79 Å². The average molecular weight is 364 g/mol. The van der Waals surface area contributed by atoms with Gasteiger partial charge in [0.25, 0.3) is 5.91 Å². The first-order chi connectivity index (χ1) is 10.7. The number of carbonyl (C=O) groups is 1. The van der Waals surface area contributed by atoms with E-state index < -0.39 is 0 Å². The van der Waals surface area contributed by atoms with E-state index in [9.17, 15) is 4.79 Å². The Labute approximate surface area is 138 Å². The summed E-state index contributed by atoms with van der Waals surface area (Å²) in [6, 6.07) is 12.6. The van der Waals surface area contributed by atoms with Gasteiger partial charge in [0.2, 0.25) is 0 Å². The molecule has 0 aromatic heterocycles. The third-order valence-corrected chi connectivity index (χ3v) is 3.54. The van der Waals surface area contributed by atoms with Crippen LogP contribution in [0, 0.1) is 0 Å². The monoisotopic (exact) mass is 363 g/mol. The standard InChI is InChI=1S/C17H18BrNO3/c1-3-21-15-11-14(16(22-4-2)10-13(15)18)19-17(20)12-8-6-5-7-9-12/h5-11H,3-4H2,1-2H3,(H,19,20). The Morgan fingerprint density at radius 3 is 2.32 bits per heavy atom. The molecule has 4 nitrogen and oxygen atoms in total. The maximum atomic E-state index is 12.3. The Balaban J connectivity index is 2.31. The molecule has 0 heterocycles. The van der Waals surface area contributed by atoms with Crippen molar-refractivity contribution in [3.8, 4) is 11.5 Å². The minimum atomic E-state index is -0.189. The van der Waals surface area contributed by atoms with Crippen LogP contribution in [0.2, 0.25) is 0 Å². The lowest BCUT2D eigenvalue weighted by atomic mass is 10.2. The third kappa shape index (κ3) is 4.01. The van der Waals surface area contributed by atoms with E-state index in [1.807, 2.05) is 32.0 Å². The van der Waals surface area contributed by atoms with Gasteiger partial charge < -0.3 is 14.8 Å². The second-order valence-electron chi connectivity index (χ2n) is 4.46. The van der Waals surface area contributed by atoms with Crippen molar-refractivity contribution in [1.29, 1.82) is 0 Å². The van der Waals surface area contributed by atoms with E-state index in [2.05, 4.69) is 21.2 Å². The first kappa shape index (κ1) is 16.4. The molecule has 0 saturated carbocycles. The van der Waals surface area contributed by atoms with E-state index in [-0.39, 0.29) is 5.91 Å². The smallest absolute Gasteiger partial charge is 0.255 e. The van der Waals surface area contributed by atoms with Gasteiger partial charge in [-0.2, -0.15) is 0 Å². The van der Waals surface area contributed by atoms with Gasteiger partial charge in [-0.1, -0.05) is 18.2 Å². The summed E-state index contributed by atoms with van der Waals surface area (Å²) in [5.41, 5.74) is 1.17. The zero-order valence-corrected chi connectivity index (χ0v) is 14.1. The molecule has 2 aromatic carbocycles. The van der Waals surface area contributed by atoms with Crippen LogP contribution in [0.15, 0.2) is 46.9 Å². The number of ether oxygens (including phenoxy) is 2. The largest absolute Gasteiger partial charge is 0.493 e. The summed E-state index contributed by atoms with van der Waals surface area (Å²) < 4.78 is 11.9. The molecule has 0 atom stereocenters. The highest BCUT2D eigenvalue weighted by Gasteiger charge is 2.14. The molecule has 116 valence electrons. The number of amides is 1. The molecule has 5 heteroatoms. The van der Waals surface area contributed by atoms with Crippen molar-refractivity contribution < 1.29 is 14.3 Å². The topological polar surface area (TPSA) is 47.6 Å². The summed E-state index contributed by atoms with van der Waals surface area (Å²) in [6.07, 6.45) is 0. The number of halogens is 1. The predicted molar refractivity (Wildman–Crippen MR) is 90.9 cm³/mol. The molecule has 0 aliphatic heterocycles. The van der Waals surface area contributed by atoms with Crippen LogP contribution in [0.1, 0.15) is 24.2 Å². The molecule has 1 N–H and O–H groups in total.